The summed E-state index contributed by atoms with van der Waals surface area (Å²) in [5, 5.41) is 16.1. The highest BCUT2D eigenvalue weighted by Crippen LogP contribution is 2.37. The molecule has 0 unspecified atom stereocenters. The predicted octanol–water partition coefficient (Wildman–Crippen LogP) is 9.67. The Kier molecular flexibility index (Phi) is 11.0. The molecule has 5 heteroatoms. The molecular weight excluding hydrogens is 929 g/mol. The number of rotatable bonds is 10. The van der Waals surface area contributed by atoms with Crippen molar-refractivity contribution in [2.45, 2.75) is 13.1 Å². The lowest BCUT2D eigenvalue weighted by molar-refractivity contribution is 1.41. The van der Waals surface area contributed by atoms with Crippen LogP contribution in [0, 0.1) is 0 Å². The van der Waals surface area contributed by atoms with Gasteiger partial charge in [0.05, 0.1) is 11.0 Å². The molecule has 10 aromatic carbocycles. The Bertz CT molecular complexity index is 3530. The number of nitrogens with zero attached hydrogens (tertiary/aromatic N) is 2. The molecule has 0 amide bonds. The number of pyridine rings is 2. The molecule has 0 fully saturated rings. The smallest absolute Gasteiger partial charge is 0.180 e. The molecule has 3 heterocycles. The average Bonchev–Trinajstić information content (AvgIpc) is 3.69. The Morgan fingerprint density at radius 2 is 0.589 bits per heavy atom. The molecule has 2 aromatic heterocycles. The largest absolute Gasteiger partial charge is 0.256 e. The van der Waals surface area contributed by atoms with Crippen LogP contribution >= 0.6 is 0 Å². The molecule has 1 aliphatic rings. The van der Waals surface area contributed by atoms with Gasteiger partial charge in [-0.05, 0) is 98.4 Å². The summed E-state index contributed by atoms with van der Waals surface area (Å²) in [4.78, 5) is 10.5. The highest BCUT2D eigenvalue weighted by molar-refractivity contribution is 7.21. The van der Waals surface area contributed by atoms with E-state index >= 15 is 0 Å². The lowest BCUT2D eigenvalue weighted by Gasteiger charge is -2.35. The predicted molar refractivity (Wildman–Crippen MR) is 317 cm³/mol. The number of aromatic nitrogens is 2. The van der Waals surface area contributed by atoms with Gasteiger partial charge < -0.3 is 0 Å². The molecule has 0 bridgehead atoms. The van der Waals surface area contributed by atoms with E-state index in [1.165, 1.54) is 84.9 Å². The lowest BCUT2D eigenvalue weighted by Crippen LogP contribution is -2.74. The molecule has 0 aliphatic carbocycles. The first kappa shape index (κ1) is 44.6. The number of fused-ring (bicyclic) bond motifs is 5. The van der Waals surface area contributed by atoms with Crippen LogP contribution < -0.4 is 51.9 Å². The highest BCUT2D eigenvalue weighted by Gasteiger charge is 2.45. The first-order valence-corrected chi connectivity index (χ1v) is 32.4. The van der Waals surface area contributed by atoms with Gasteiger partial charge >= 0.3 is 0 Å². The summed E-state index contributed by atoms with van der Waals surface area (Å²) < 4.78 is 0. The zero-order chi connectivity index (χ0) is 49.0. The lowest BCUT2D eigenvalue weighted by atomic mass is 9.94. The maximum absolute atomic E-state index is 5.27. The maximum atomic E-state index is 5.27. The Balaban J connectivity index is 0.977. The molecule has 1 aliphatic heterocycles. The fourth-order valence-corrected chi connectivity index (χ4v) is 25.6. The summed E-state index contributed by atoms with van der Waals surface area (Å²) >= 11 is 0. The maximum Gasteiger partial charge on any atom is 0.180 e. The summed E-state index contributed by atoms with van der Waals surface area (Å²) in [6.07, 6.45) is 3.93. The fourth-order valence-electron chi connectivity index (χ4n) is 12.6. The third kappa shape index (κ3) is 7.02. The van der Waals surface area contributed by atoms with Crippen molar-refractivity contribution in [1.82, 2.24) is 9.97 Å². The molecule has 0 atom stereocenters. The van der Waals surface area contributed by atoms with Gasteiger partial charge in [0.1, 0.15) is 8.07 Å². The zero-order valence-corrected chi connectivity index (χ0v) is 44.0. The first-order valence-electron chi connectivity index (χ1n) is 25.4. The van der Waals surface area contributed by atoms with E-state index in [2.05, 4.69) is 280 Å². The molecular formula is C68H52N2Si3. The highest BCUT2D eigenvalue weighted by atomic mass is 28.3. The molecule has 2 nitrogen and oxygen atoms in total. The molecule has 73 heavy (non-hydrogen) atoms. The fraction of sp³-hybridized carbons (Fsp3) is 0.0294. The molecule has 0 radical (unpaired) electrons. The van der Waals surface area contributed by atoms with Crippen molar-refractivity contribution in [3.63, 3.8) is 0 Å². The summed E-state index contributed by atoms with van der Waals surface area (Å²) in [7, 11) is -7.72. The number of hydrogen-bond donors (Lipinski definition) is 0. The number of hydrogen-bond acceptors (Lipinski definition) is 2. The van der Waals surface area contributed by atoms with E-state index < -0.39 is 24.2 Å². The van der Waals surface area contributed by atoms with E-state index in [1.54, 1.807) is 0 Å². The van der Waals surface area contributed by atoms with Crippen molar-refractivity contribution in [3.05, 3.63) is 279 Å². The van der Waals surface area contributed by atoms with Gasteiger partial charge in [-0.25, -0.2) is 0 Å². The molecule has 346 valence electrons. The van der Waals surface area contributed by atoms with Crippen LogP contribution in [0.5, 0.6) is 0 Å². The van der Waals surface area contributed by atoms with Crippen LogP contribution in [0.15, 0.2) is 279 Å². The van der Waals surface area contributed by atoms with Gasteiger partial charge in [0, 0.05) is 34.3 Å². The molecule has 0 N–H and O–H groups in total. The van der Waals surface area contributed by atoms with Gasteiger partial charge in [0.25, 0.3) is 0 Å². The topological polar surface area (TPSA) is 25.8 Å². The average molecular weight is 981 g/mol. The van der Waals surface area contributed by atoms with E-state index in [-0.39, 0.29) is 0 Å². The van der Waals surface area contributed by atoms with Crippen LogP contribution in [0.3, 0.4) is 0 Å². The molecule has 0 spiro atoms. The Morgan fingerprint density at radius 3 is 0.890 bits per heavy atom. The molecule has 12 aromatic rings. The monoisotopic (exact) mass is 980 g/mol. The van der Waals surface area contributed by atoms with Crippen LogP contribution in [0.25, 0.3) is 55.2 Å². The summed E-state index contributed by atoms with van der Waals surface area (Å²) in [6.45, 7) is 5.02. The molecule has 0 saturated heterocycles. The second-order valence-corrected chi connectivity index (χ2v) is 31.8. The van der Waals surface area contributed by atoms with Crippen LogP contribution in [0.2, 0.25) is 13.1 Å². The van der Waals surface area contributed by atoms with Crippen LogP contribution in [0.4, 0.5) is 0 Å². The van der Waals surface area contributed by atoms with E-state index in [4.69, 9.17) is 9.97 Å². The summed E-state index contributed by atoms with van der Waals surface area (Å²) in [5.74, 6) is 0. The van der Waals surface area contributed by atoms with E-state index in [0.29, 0.717) is 0 Å². The van der Waals surface area contributed by atoms with Crippen LogP contribution in [0.1, 0.15) is 0 Å². The van der Waals surface area contributed by atoms with Crippen LogP contribution in [-0.4, -0.2) is 34.2 Å². The van der Waals surface area contributed by atoms with Gasteiger partial charge in [-0.1, -0.05) is 256 Å². The standard InChI is InChI=1S/C68H52N2Si3/c1-71(2)63-41-37-49(57-39-43-65(59-35-21-45-69-67(57)59)72(51-23-9-3-10-24-51,52-25-11-4-12-26-52)53-27-13-5-14-28-53)47-61(63)62-48-50(38-42-64(62)71)58-40-44-66(60-36-22-46-70-68(58)60)73(54-29-15-6-16-30-54,55-31-17-7-18-32-55)56-33-19-8-20-34-56/h3-48H,1-2H3. The van der Waals surface area contributed by atoms with Crippen molar-refractivity contribution >= 4 is 97.9 Å². The molecule has 0 saturated carbocycles. The zero-order valence-electron chi connectivity index (χ0n) is 41.0. The second-order valence-electron chi connectivity index (χ2n) is 20.0. The van der Waals surface area contributed by atoms with Gasteiger partial charge in [0.15, 0.2) is 16.1 Å². The Morgan fingerprint density at radius 1 is 0.288 bits per heavy atom. The minimum absolute atomic E-state index is 1.03. The third-order valence-corrected chi connectivity index (χ3v) is 29.1. The van der Waals surface area contributed by atoms with Crippen molar-refractivity contribution in [1.29, 1.82) is 0 Å². The van der Waals surface area contributed by atoms with Crippen LogP contribution in [-0.2, 0) is 0 Å². The van der Waals surface area contributed by atoms with Gasteiger partial charge in [0.2, 0.25) is 0 Å². The third-order valence-electron chi connectivity index (χ3n) is 15.9. The quantitative estimate of drug-likeness (QED) is 0.101. The SMILES string of the molecule is C[Si]1(C)c2ccc(-c3ccc([Si](c4ccccc4)(c4ccccc4)c4ccccc4)c4cccnc34)cc2-c2cc(-c3ccc([Si](c4ccccc4)(c4ccccc4)c4ccccc4)c4cccnc34)ccc21. The minimum Gasteiger partial charge on any atom is -0.256 e. The van der Waals surface area contributed by atoms with Crippen molar-refractivity contribution in [2.75, 3.05) is 0 Å². The van der Waals surface area contributed by atoms with Crippen molar-refractivity contribution in [3.8, 4) is 33.4 Å². The van der Waals surface area contributed by atoms with Crippen molar-refractivity contribution in [2.24, 2.45) is 0 Å². The molecule has 13 rings (SSSR count). The van der Waals surface area contributed by atoms with E-state index in [0.717, 1.165) is 22.2 Å². The normalized spacial score (nSPS) is 12.9. The second kappa shape index (κ2) is 18.1. The minimum atomic E-state index is -2.83. The van der Waals surface area contributed by atoms with E-state index in [9.17, 15) is 0 Å². The van der Waals surface area contributed by atoms with Gasteiger partial charge in [-0.2, -0.15) is 0 Å². The Hall–Kier alpha value is -8.33. The van der Waals surface area contributed by atoms with Gasteiger partial charge in [-0.15, -0.1) is 0 Å². The van der Waals surface area contributed by atoms with Gasteiger partial charge in [-0.3, -0.25) is 9.97 Å². The Labute approximate surface area is 431 Å². The van der Waals surface area contributed by atoms with E-state index in [1.807, 2.05) is 12.4 Å². The number of benzene rings is 10. The van der Waals surface area contributed by atoms with Crippen molar-refractivity contribution < 1.29 is 0 Å². The summed E-state index contributed by atoms with van der Waals surface area (Å²) in [6, 6.07) is 100. The summed E-state index contributed by atoms with van der Waals surface area (Å²) in [5.41, 5.74) is 9.39. The first-order chi connectivity index (χ1) is 36.0.